The second-order valence-electron chi connectivity index (χ2n) is 6.53. The SMILES string of the molecule is CN(C)C(=O)CN(C)c1ccc(CNC(C)(C)C)cc1F. The summed E-state index contributed by atoms with van der Waals surface area (Å²) in [4.78, 5) is 14.8. The van der Waals surface area contributed by atoms with Gasteiger partial charge in [0.2, 0.25) is 5.91 Å². The van der Waals surface area contributed by atoms with Crippen molar-refractivity contribution < 1.29 is 9.18 Å². The molecule has 1 N–H and O–H groups in total. The number of carbonyl (C=O) groups excluding carboxylic acids is 1. The Labute approximate surface area is 126 Å². The highest BCUT2D eigenvalue weighted by molar-refractivity contribution is 5.80. The highest BCUT2D eigenvalue weighted by Crippen LogP contribution is 2.19. The number of nitrogens with zero attached hydrogens (tertiary/aromatic N) is 2. The first-order valence-electron chi connectivity index (χ1n) is 7.05. The van der Waals surface area contributed by atoms with Gasteiger partial charge in [0.15, 0.2) is 0 Å². The lowest BCUT2D eigenvalue weighted by Crippen LogP contribution is -2.35. The van der Waals surface area contributed by atoms with Crippen LogP contribution in [-0.2, 0) is 11.3 Å². The third-order valence-corrected chi connectivity index (χ3v) is 3.12. The average molecular weight is 295 g/mol. The van der Waals surface area contributed by atoms with Crippen LogP contribution in [0.3, 0.4) is 0 Å². The second kappa shape index (κ2) is 6.89. The van der Waals surface area contributed by atoms with Gasteiger partial charge in [-0.05, 0) is 38.5 Å². The number of likely N-dealkylation sites (N-methyl/N-ethyl adjacent to an activating group) is 2. The van der Waals surface area contributed by atoms with E-state index in [0.717, 1.165) is 5.56 Å². The van der Waals surface area contributed by atoms with Crippen molar-refractivity contribution in [2.24, 2.45) is 0 Å². The summed E-state index contributed by atoms with van der Waals surface area (Å²) in [5.41, 5.74) is 1.31. The summed E-state index contributed by atoms with van der Waals surface area (Å²) in [7, 11) is 5.09. The predicted octanol–water partition coefficient (Wildman–Crippen LogP) is 2.24. The van der Waals surface area contributed by atoms with E-state index in [1.165, 1.54) is 11.0 Å². The summed E-state index contributed by atoms with van der Waals surface area (Å²) >= 11 is 0. The molecule has 0 saturated carbocycles. The quantitative estimate of drug-likeness (QED) is 0.905. The summed E-state index contributed by atoms with van der Waals surface area (Å²) in [5, 5.41) is 3.32. The van der Waals surface area contributed by atoms with Gasteiger partial charge in [0, 0.05) is 33.2 Å². The lowest BCUT2D eigenvalue weighted by molar-refractivity contribution is -0.127. The lowest BCUT2D eigenvalue weighted by atomic mass is 10.1. The first kappa shape index (κ1) is 17.4. The Balaban J connectivity index is 2.76. The number of carbonyl (C=O) groups is 1. The molecule has 0 aliphatic carbocycles. The van der Waals surface area contributed by atoms with Gasteiger partial charge in [-0.25, -0.2) is 4.39 Å². The summed E-state index contributed by atoms with van der Waals surface area (Å²) in [5.74, 6) is -0.368. The zero-order chi connectivity index (χ0) is 16.2. The highest BCUT2D eigenvalue weighted by Gasteiger charge is 2.14. The van der Waals surface area contributed by atoms with E-state index < -0.39 is 0 Å². The highest BCUT2D eigenvalue weighted by atomic mass is 19.1. The zero-order valence-electron chi connectivity index (χ0n) is 13.8. The van der Waals surface area contributed by atoms with Crippen molar-refractivity contribution in [1.82, 2.24) is 10.2 Å². The molecule has 5 heteroatoms. The van der Waals surface area contributed by atoms with Crippen LogP contribution >= 0.6 is 0 Å². The Morgan fingerprint density at radius 2 is 1.86 bits per heavy atom. The van der Waals surface area contributed by atoms with Crippen molar-refractivity contribution in [1.29, 1.82) is 0 Å². The van der Waals surface area contributed by atoms with Crippen LogP contribution in [0.25, 0.3) is 0 Å². The Bertz CT molecular complexity index is 495. The van der Waals surface area contributed by atoms with Crippen molar-refractivity contribution in [3.8, 4) is 0 Å². The van der Waals surface area contributed by atoms with Crippen LogP contribution in [-0.4, -0.2) is 44.0 Å². The number of anilines is 1. The molecule has 0 unspecified atom stereocenters. The van der Waals surface area contributed by atoms with Gasteiger partial charge >= 0.3 is 0 Å². The minimum Gasteiger partial charge on any atom is -0.363 e. The minimum absolute atomic E-state index is 0.00985. The van der Waals surface area contributed by atoms with Gasteiger partial charge in [-0.1, -0.05) is 6.07 Å². The van der Waals surface area contributed by atoms with Crippen LogP contribution in [0.5, 0.6) is 0 Å². The van der Waals surface area contributed by atoms with Crippen LogP contribution in [0.2, 0.25) is 0 Å². The molecule has 1 amide bonds. The van der Waals surface area contributed by atoms with Crippen molar-refractivity contribution in [3.05, 3.63) is 29.6 Å². The van der Waals surface area contributed by atoms with E-state index >= 15 is 0 Å². The molecule has 0 aromatic heterocycles. The Morgan fingerprint density at radius 3 is 2.33 bits per heavy atom. The van der Waals surface area contributed by atoms with Crippen molar-refractivity contribution >= 4 is 11.6 Å². The molecule has 1 aromatic carbocycles. The van der Waals surface area contributed by atoms with E-state index in [2.05, 4.69) is 26.1 Å². The van der Waals surface area contributed by atoms with Gasteiger partial charge in [0.1, 0.15) is 5.82 Å². The van der Waals surface area contributed by atoms with E-state index in [-0.39, 0.29) is 23.8 Å². The average Bonchev–Trinajstić information content (AvgIpc) is 2.35. The third kappa shape index (κ3) is 5.71. The summed E-state index contributed by atoms with van der Waals surface area (Å²) in [6.45, 7) is 6.97. The molecule has 0 aliphatic heterocycles. The van der Waals surface area contributed by atoms with E-state index in [1.807, 2.05) is 6.07 Å². The molecule has 0 saturated heterocycles. The van der Waals surface area contributed by atoms with E-state index in [0.29, 0.717) is 12.2 Å². The number of rotatable bonds is 5. The molecule has 0 bridgehead atoms. The molecule has 0 fully saturated rings. The number of nitrogens with one attached hydrogen (secondary N) is 1. The molecule has 0 spiro atoms. The van der Waals surface area contributed by atoms with Crippen molar-refractivity contribution in [3.63, 3.8) is 0 Å². The maximum atomic E-state index is 14.2. The van der Waals surface area contributed by atoms with Crippen molar-refractivity contribution in [2.45, 2.75) is 32.9 Å². The van der Waals surface area contributed by atoms with Crippen molar-refractivity contribution in [2.75, 3.05) is 32.6 Å². The standard InChI is InChI=1S/C16H26FN3O/c1-16(2,3)18-10-12-7-8-14(13(17)9-12)20(6)11-15(21)19(4)5/h7-9,18H,10-11H2,1-6H3. The summed E-state index contributed by atoms with van der Waals surface area (Å²) < 4.78 is 14.2. The van der Waals surface area contributed by atoms with E-state index in [1.54, 1.807) is 32.1 Å². The van der Waals surface area contributed by atoms with Crippen LogP contribution < -0.4 is 10.2 Å². The fraction of sp³-hybridized carbons (Fsp3) is 0.562. The predicted molar refractivity (Wildman–Crippen MR) is 85.0 cm³/mol. The minimum atomic E-state index is -0.308. The molecule has 21 heavy (non-hydrogen) atoms. The molecule has 1 rings (SSSR count). The number of hydrogen-bond acceptors (Lipinski definition) is 3. The maximum absolute atomic E-state index is 14.2. The Kier molecular flexibility index (Phi) is 5.72. The first-order valence-corrected chi connectivity index (χ1v) is 7.05. The number of halogens is 1. The molecule has 0 aliphatic rings. The lowest BCUT2D eigenvalue weighted by Gasteiger charge is -2.23. The van der Waals surface area contributed by atoms with Gasteiger partial charge in [0.25, 0.3) is 0 Å². The van der Waals surface area contributed by atoms with Gasteiger partial charge in [-0.2, -0.15) is 0 Å². The smallest absolute Gasteiger partial charge is 0.241 e. The monoisotopic (exact) mass is 295 g/mol. The number of hydrogen-bond donors (Lipinski definition) is 1. The second-order valence-corrected chi connectivity index (χ2v) is 6.53. The topological polar surface area (TPSA) is 35.6 Å². The van der Waals surface area contributed by atoms with Crippen LogP contribution in [0.4, 0.5) is 10.1 Å². The van der Waals surface area contributed by atoms with E-state index in [9.17, 15) is 9.18 Å². The third-order valence-electron chi connectivity index (χ3n) is 3.12. The molecule has 0 heterocycles. The Hall–Kier alpha value is -1.62. The molecule has 0 radical (unpaired) electrons. The molecular formula is C16H26FN3O. The maximum Gasteiger partial charge on any atom is 0.241 e. The normalized spacial score (nSPS) is 11.4. The zero-order valence-corrected chi connectivity index (χ0v) is 13.8. The van der Waals surface area contributed by atoms with Crippen LogP contribution in [0.15, 0.2) is 18.2 Å². The number of amides is 1. The Morgan fingerprint density at radius 1 is 1.24 bits per heavy atom. The molecule has 0 atom stereocenters. The van der Waals surface area contributed by atoms with Gasteiger partial charge in [0.05, 0.1) is 12.2 Å². The summed E-state index contributed by atoms with van der Waals surface area (Å²) in [6.07, 6.45) is 0. The van der Waals surface area contributed by atoms with Crippen LogP contribution in [0.1, 0.15) is 26.3 Å². The van der Waals surface area contributed by atoms with E-state index in [4.69, 9.17) is 0 Å². The largest absolute Gasteiger partial charge is 0.363 e. The fourth-order valence-corrected chi connectivity index (χ4v) is 1.77. The summed E-state index contributed by atoms with van der Waals surface area (Å²) in [6, 6.07) is 5.12. The number of benzene rings is 1. The van der Waals surface area contributed by atoms with Crippen LogP contribution in [0, 0.1) is 5.82 Å². The molecule has 1 aromatic rings. The van der Waals surface area contributed by atoms with Gasteiger partial charge in [-0.3, -0.25) is 4.79 Å². The van der Waals surface area contributed by atoms with Gasteiger partial charge < -0.3 is 15.1 Å². The molecular weight excluding hydrogens is 269 g/mol. The fourth-order valence-electron chi connectivity index (χ4n) is 1.77. The van der Waals surface area contributed by atoms with Gasteiger partial charge in [-0.15, -0.1) is 0 Å². The molecule has 118 valence electrons. The first-order chi connectivity index (χ1) is 9.60. The molecule has 4 nitrogen and oxygen atoms in total.